The van der Waals surface area contributed by atoms with Gasteiger partial charge < -0.3 is 16.4 Å². The number of rotatable bonds is 8. The van der Waals surface area contributed by atoms with Crippen LogP contribution in [0.5, 0.6) is 0 Å². The number of Topliss-reactive ketones (excluding diaryl/α,β-unsaturated/α-hetero) is 1. The molecule has 2 atom stereocenters. The molecule has 0 unspecified atom stereocenters. The summed E-state index contributed by atoms with van der Waals surface area (Å²) in [5.74, 6) is -0.139. The van der Waals surface area contributed by atoms with Crippen molar-refractivity contribution in [2.24, 2.45) is 11.7 Å². The zero-order valence-electron chi connectivity index (χ0n) is 12.3. The highest BCUT2D eigenvalue weighted by Gasteiger charge is 2.26. The lowest BCUT2D eigenvalue weighted by atomic mass is 9.98. The first-order valence-corrected chi connectivity index (χ1v) is 7.28. The Kier molecular flexibility index (Phi) is 6.64. The Morgan fingerprint density at radius 1 is 1.40 bits per heavy atom. The van der Waals surface area contributed by atoms with Gasteiger partial charge in [0.2, 0.25) is 11.8 Å². The first kappa shape index (κ1) is 16.6. The van der Waals surface area contributed by atoms with Gasteiger partial charge in [-0.05, 0) is 25.7 Å². The lowest BCUT2D eigenvalue weighted by molar-refractivity contribution is -0.125. The van der Waals surface area contributed by atoms with Crippen LogP contribution in [0, 0.1) is 5.92 Å². The van der Waals surface area contributed by atoms with Crippen LogP contribution < -0.4 is 16.4 Å². The van der Waals surface area contributed by atoms with E-state index in [4.69, 9.17) is 5.73 Å². The molecule has 0 saturated carbocycles. The summed E-state index contributed by atoms with van der Waals surface area (Å²) < 4.78 is 0. The largest absolute Gasteiger partial charge is 0.354 e. The van der Waals surface area contributed by atoms with E-state index in [2.05, 4.69) is 10.6 Å². The van der Waals surface area contributed by atoms with E-state index in [1.165, 1.54) is 0 Å². The molecule has 1 fully saturated rings. The lowest BCUT2D eigenvalue weighted by Crippen LogP contribution is -2.42. The van der Waals surface area contributed by atoms with Gasteiger partial charge in [-0.2, -0.15) is 0 Å². The first-order valence-electron chi connectivity index (χ1n) is 7.28. The van der Waals surface area contributed by atoms with Gasteiger partial charge in [0.1, 0.15) is 6.04 Å². The van der Waals surface area contributed by atoms with Crippen LogP contribution >= 0.6 is 0 Å². The molecule has 0 aromatic rings. The Balaban J connectivity index is 2.09. The quantitative estimate of drug-likeness (QED) is 0.550. The molecule has 0 spiro atoms. The molecule has 6 nitrogen and oxygen atoms in total. The highest BCUT2D eigenvalue weighted by Crippen LogP contribution is 2.07. The van der Waals surface area contributed by atoms with Crippen molar-refractivity contribution in [1.29, 1.82) is 0 Å². The summed E-state index contributed by atoms with van der Waals surface area (Å²) in [5, 5.41) is 5.42. The smallest absolute Gasteiger partial charge is 0.242 e. The molecule has 20 heavy (non-hydrogen) atoms. The number of carbonyl (C=O) groups excluding carboxylic acids is 3. The van der Waals surface area contributed by atoms with E-state index in [-0.39, 0.29) is 29.6 Å². The predicted octanol–water partition coefficient (Wildman–Crippen LogP) is 0.104. The van der Waals surface area contributed by atoms with Crippen molar-refractivity contribution in [2.45, 2.75) is 58.0 Å². The van der Waals surface area contributed by atoms with E-state index in [0.29, 0.717) is 25.8 Å². The van der Waals surface area contributed by atoms with E-state index < -0.39 is 6.04 Å². The highest BCUT2D eigenvalue weighted by molar-refractivity contribution is 5.90. The number of nitrogens with two attached hydrogens (primary N) is 1. The fraction of sp³-hybridized carbons (Fsp3) is 0.786. The molecule has 0 aliphatic carbocycles. The Morgan fingerprint density at radius 2 is 2.10 bits per heavy atom. The molecular weight excluding hydrogens is 258 g/mol. The fourth-order valence-corrected chi connectivity index (χ4v) is 2.21. The number of unbranched alkanes of at least 4 members (excludes halogenated alkanes) is 1. The van der Waals surface area contributed by atoms with Crippen molar-refractivity contribution in [3.8, 4) is 0 Å². The number of nitrogens with one attached hydrogen (secondary N) is 2. The summed E-state index contributed by atoms with van der Waals surface area (Å²) >= 11 is 0. The van der Waals surface area contributed by atoms with Crippen LogP contribution in [0.15, 0.2) is 0 Å². The Hall–Kier alpha value is -1.43. The molecule has 1 saturated heterocycles. The minimum atomic E-state index is -0.403. The lowest BCUT2D eigenvalue weighted by Gasteiger charge is -2.13. The van der Waals surface area contributed by atoms with Gasteiger partial charge in [-0.25, -0.2) is 0 Å². The van der Waals surface area contributed by atoms with Gasteiger partial charge in [0.15, 0.2) is 5.78 Å². The van der Waals surface area contributed by atoms with Crippen LogP contribution in [0.25, 0.3) is 0 Å². The first-order chi connectivity index (χ1) is 9.41. The molecule has 6 heteroatoms. The van der Waals surface area contributed by atoms with Crippen molar-refractivity contribution in [3.05, 3.63) is 0 Å². The summed E-state index contributed by atoms with van der Waals surface area (Å²) in [6, 6.07) is -0.785. The van der Waals surface area contributed by atoms with Gasteiger partial charge >= 0.3 is 0 Å². The standard InChI is InChI=1S/C14H25N3O3/c1-9(2)13(19)10(15)5-3-4-8-16-14(20)11-6-7-12(18)17-11/h9-11H,3-8,15H2,1-2H3,(H,16,20)(H,17,18)/t10-,11-/m0/s1. The second-order valence-corrected chi connectivity index (χ2v) is 5.61. The van der Waals surface area contributed by atoms with Crippen LogP contribution in [-0.2, 0) is 14.4 Å². The normalized spacial score (nSPS) is 19.8. The molecule has 114 valence electrons. The van der Waals surface area contributed by atoms with Crippen molar-refractivity contribution >= 4 is 17.6 Å². The number of ketones is 1. The topological polar surface area (TPSA) is 101 Å². The van der Waals surface area contributed by atoms with Gasteiger partial charge in [-0.1, -0.05) is 13.8 Å². The Bertz CT molecular complexity index is 369. The summed E-state index contributed by atoms with van der Waals surface area (Å²) in [6.07, 6.45) is 3.22. The molecule has 0 radical (unpaired) electrons. The molecule has 1 aliphatic heterocycles. The third-order valence-electron chi connectivity index (χ3n) is 3.49. The van der Waals surface area contributed by atoms with Crippen molar-refractivity contribution in [3.63, 3.8) is 0 Å². The van der Waals surface area contributed by atoms with Crippen molar-refractivity contribution in [1.82, 2.24) is 10.6 Å². The molecule has 0 aromatic heterocycles. The second kappa shape index (κ2) is 7.99. The van der Waals surface area contributed by atoms with Crippen molar-refractivity contribution in [2.75, 3.05) is 6.54 Å². The fourth-order valence-electron chi connectivity index (χ4n) is 2.21. The zero-order chi connectivity index (χ0) is 15.1. The van der Waals surface area contributed by atoms with E-state index in [1.807, 2.05) is 13.8 Å². The van der Waals surface area contributed by atoms with Gasteiger partial charge in [0.25, 0.3) is 0 Å². The third-order valence-corrected chi connectivity index (χ3v) is 3.49. The maximum Gasteiger partial charge on any atom is 0.242 e. The van der Waals surface area contributed by atoms with Gasteiger partial charge in [-0.3, -0.25) is 14.4 Å². The van der Waals surface area contributed by atoms with Gasteiger partial charge in [0.05, 0.1) is 6.04 Å². The van der Waals surface area contributed by atoms with Crippen molar-refractivity contribution < 1.29 is 14.4 Å². The summed E-state index contributed by atoms with van der Waals surface area (Å²) in [4.78, 5) is 34.3. The monoisotopic (exact) mass is 283 g/mol. The highest BCUT2D eigenvalue weighted by atomic mass is 16.2. The third kappa shape index (κ3) is 5.28. The van der Waals surface area contributed by atoms with Crippen LogP contribution in [0.4, 0.5) is 0 Å². The molecule has 0 aromatic carbocycles. The summed E-state index contributed by atoms with van der Waals surface area (Å²) in [7, 11) is 0. The average Bonchev–Trinajstić information content (AvgIpc) is 2.83. The number of hydrogen-bond donors (Lipinski definition) is 3. The van der Waals surface area contributed by atoms with Crippen LogP contribution in [0.1, 0.15) is 46.0 Å². The van der Waals surface area contributed by atoms with E-state index in [1.54, 1.807) is 0 Å². The average molecular weight is 283 g/mol. The van der Waals surface area contributed by atoms with E-state index in [9.17, 15) is 14.4 Å². The SMILES string of the molecule is CC(C)C(=O)[C@@H](N)CCCCNC(=O)[C@@H]1CCC(=O)N1. The molecule has 1 heterocycles. The molecule has 4 N–H and O–H groups in total. The maximum absolute atomic E-state index is 11.7. The van der Waals surface area contributed by atoms with Crippen LogP contribution in [-0.4, -0.2) is 36.2 Å². The Labute approximate surface area is 119 Å². The summed E-state index contributed by atoms with van der Waals surface area (Å²) in [5.41, 5.74) is 5.79. The predicted molar refractivity (Wildman–Crippen MR) is 75.8 cm³/mol. The minimum absolute atomic E-state index is 0.0318. The van der Waals surface area contributed by atoms with Gasteiger partial charge in [-0.15, -0.1) is 0 Å². The minimum Gasteiger partial charge on any atom is -0.354 e. The molecule has 1 rings (SSSR count). The molecule has 1 aliphatic rings. The number of amides is 2. The van der Waals surface area contributed by atoms with E-state index >= 15 is 0 Å². The molecule has 2 amide bonds. The Morgan fingerprint density at radius 3 is 2.65 bits per heavy atom. The molecule has 0 bridgehead atoms. The van der Waals surface area contributed by atoms with Crippen LogP contribution in [0.3, 0.4) is 0 Å². The maximum atomic E-state index is 11.7. The summed E-state index contributed by atoms with van der Waals surface area (Å²) in [6.45, 7) is 4.24. The number of carbonyl (C=O) groups is 3. The van der Waals surface area contributed by atoms with Crippen LogP contribution in [0.2, 0.25) is 0 Å². The van der Waals surface area contributed by atoms with E-state index in [0.717, 1.165) is 12.8 Å². The zero-order valence-corrected chi connectivity index (χ0v) is 12.3. The second-order valence-electron chi connectivity index (χ2n) is 5.61. The number of hydrogen-bond acceptors (Lipinski definition) is 4. The van der Waals surface area contributed by atoms with Gasteiger partial charge in [0, 0.05) is 18.9 Å². The molecular formula is C14H25N3O3.